The fourth-order valence-corrected chi connectivity index (χ4v) is 2.51. The topological polar surface area (TPSA) is 51.8 Å². The number of anilines is 1. The Morgan fingerprint density at radius 1 is 1.18 bits per heavy atom. The van der Waals surface area contributed by atoms with Crippen LogP contribution in [0.5, 0.6) is 0 Å². The fraction of sp³-hybridized carbons (Fsp3) is 0.0769. The molecule has 0 aliphatic rings. The highest BCUT2D eigenvalue weighted by Gasteiger charge is 2.04. The van der Waals surface area contributed by atoms with Crippen molar-refractivity contribution in [3.8, 4) is 11.3 Å². The summed E-state index contributed by atoms with van der Waals surface area (Å²) in [5, 5.41) is 0.606. The molecule has 0 saturated carbocycles. The average molecular weight is 241 g/mol. The van der Waals surface area contributed by atoms with E-state index in [9.17, 15) is 0 Å². The average Bonchev–Trinajstić information content (AvgIpc) is 2.69. The number of aromatic nitrogens is 2. The second-order valence-electron chi connectivity index (χ2n) is 3.96. The summed E-state index contributed by atoms with van der Waals surface area (Å²) >= 11 is 1.50. The van der Waals surface area contributed by atoms with Crippen molar-refractivity contribution >= 4 is 26.7 Å². The second kappa shape index (κ2) is 3.82. The van der Waals surface area contributed by atoms with Crippen molar-refractivity contribution in [3.63, 3.8) is 0 Å². The molecule has 0 aliphatic carbocycles. The molecule has 84 valence electrons. The van der Waals surface area contributed by atoms with Crippen LogP contribution in [-0.4, -0.2) is 9.97 Å². The molecule has 17 heavy (non-hydrogen) atoms. The molecular formula is C13H11N3S. The lowest BCUT2D eigenvalue weighted by Gasteiger charge is -2.00. The number of rotatable bonds is 1. The normalized spacial score (nSPS) is 10.9. The summed E-state index contributed by atoms with van der Waals surface area (Å²) in [6, 6.07) is 10.2. The van der Waals surface area contributed by atoms with E-state index in [2.05, 4.69) is 22.1 Å². The largest absolute Gasteiger partial charge is 0.375 e. The molecule has 0 spiro atoms. The van der Waals surface area contributed by atoms with Crippen molar-refractivity contribution in [3.05, 3.63) is 42.1 Å². The molecule has 0 fully saturated rings. The fourth-order valence-electron chi connectivity index (χ4n) is 1.74. The van der Waals surface area contributed by atoms with E-state index in [1.54, 1.807) is 0 Å². The Kier molecular flexibility index (Phi) is 2.30. The van der Waals surface area contributed by atoms with Gasteiger partial charge >= 0.3 is 0 Å². The molecule has 3 rings (SSSR count). The molecule has 0 saturated heterocycles. The molecule has 1 aromatic carbocycles. The van der Waals surface area contributed by atoms with Gasteiger partial charge in [0, 0.05) is 11.8 Å². The summed E-state index contributed by atoms with van der Waals surface area (Å²) in [6.45, 7) is 2.03. The van der Waals surface area contributed by atoms with Crippen molar-refractivity contribution in [2.45, 2.75) is 6.92 Å². The van der Waals surface area contributed by atoms with Crippen molar-refractivity contribution in [2.75, 3.05) is 5.73 Å². The van der Waals surface area contributed by atoms with Gasteiger partial charge in [0.2, 0.25) is 0 Å². The third kappa shape index (κ3) is 1.87. The Morgan fingerprint density at radius 2 is 2.06 bits per heavy atom. The van der Waals surface area contributed by atoms with Crippen molar-refractivity contribution in [1.29, 1.82) is 0 Å². The number of thiazole rings is 1. The lowest BCUT2D eigenvalue weighted by molar-refractivity contribution is 1.27. The van der Waals surface area contributed by atoms with Gasteiger partial charge in [0.15, 0.2) is 5.13 Å². The Morgan fingerprint density at radius 3 is 2.82 bits per heavy atom. The van der Waals surface area contributed by atoms with E-state index in [0.717, 1.165) is 27.0 Å². The number of hydrogen-bond acceptors (Lipinski definition) is 4. The van der Waals surface area contributed by atoms with Gasteiger partial charge in [-0.1, -0.05) is 23.5 Å². The van der Waals surface area contributed by atoms with Crippen molar-refractivity contribution < 1.29 is 0 Å². The van der Waals surface area contributed by atoms with Gasteiger partial charge < -0.3 is 5.73 Å². The van der Waals surface area contributed by atoms with E-state index in [1.165, 1.54) is 11.3 Å². The summed E-state index contributed by atoms with van der Waals surface area (Å²) in [5.41, 5.74) is 9.88. The zero-order chi connectivity index (χ0) is 11.8. The molecule has 3 nitrogen and oxygen atoms in total. The summed E-state index contributed by atoms with van der Waals surface area (Å²) < 4.78 is 1.10. The van der Waals surface area contributed by atoms with Gasteiger partial charge in [0.25, 0.3) is 0 Å². The van der Waals surface area contributed by atoms with Gasteiger partial charge in [-0.25, -0.2) is 4.98 Å². The number of benzene rings is 1. The quantitative estimate of drug-likeness (QED) is 0.711. The molecule has 3 aromatic rings. The molecule has 0 unspecified atom stereocenters. The first kappa shape index (κ1) is 10.2. The van der Waals surface area contributed by atoms with Crippen LogP contribution in [0.3, 0.4) is 0 Å². The monoisotopic (exact) mass is 241 g/mol. The molecule has 2 N–H and O–H groups in total. The lowest BCUT2D eigenvalue weighted by Crippen LogP contribution is -1.83. The second-order valence-corrected chi connectivity index (χ2v) is 5.02. The lowest BCUT2D eigenvalue weighted by atomic mass is 10.1. The molecule has 0 atom stereocenters. The molecular weight excluding hydrogens is 230 g/mol. The molecule has 2 aromatic heterocycles. The summed E-state index contributed by atoms with van der Waals surface area (Å²) in [7, 11) is 0. The third-order valence-corrected chi connectivity index (χ3v) is 3.46. The number of nitrogens with zero attached hydrogens (tertiary/aromatic N) is 2. The molecule has 4 heteroatoms. The van der Waals surface area contributed by atoms with E-state index in [1.807, 2.05) is 31.3 Å². The molecule has 2 heterocycles. The highest BCUT2D eigenvalue weighted by atomic mass is 32.1. The summed E-state index contributed by atoms with van der Waals surface area (Å²) in [6.07, 6.45) is 1.88. The minimum atomic E-state index is 0.606. The molecule has 0 bridgehead atoms. The highest BCUT2D eigenvalue weighted by molar-refractivity contribution is 7.22. The molecule has 0 radical (unpaired) electrons. The standard InChI is InChI=1S/C13H11N3S/c1-8-2-4-10(15-7-8)9-3-5-11-12(6-9)17-13(14)16-11/h2-7H,1H3,(H2,14,16). The number of hydrogen-bond donors (Lipinski definition) is 1. The van der Waals surface area contributed by atoms with E-state index in [4.69, 9.17) is 5.73 Å². The van der Waals surface area contributed by atoms with Gasteiger partial charge in [0.05, 0.1) is 15.9 Å². The van der Waals surface area contributed by atoms with Crippen LogP contribution in [0.1, 0.15) is 5.56 Å². The van der Waals surface area contributed by atoms with Crippen LogP contribution < -0.4 is 5.73 Å². The highest BCUT2D eigenvalue weighted by Crippen LogP contribution is 2.28. The van der Waals surface area contributed by atoms with Crippen LogP contribution in [0.2, 0.25) is 0 Å². The number of nitrogens with two attached hydrogens (primary N) is 1. The number of fused-ring (bicyclic) bond motifs is 1. The Hall–Kier alpha value is -1.94. The van der Waals surface area contributed by atoms with E-state index >= 15 is 0 Å². The van der Waals surface area contributed by atoms with Crippen LogP contribution >= 0.6 is 11.3 Å². The maximum absolute atomic E-state index is 5.69. The smallest absolute Gasteiger partial charge is 0.181 e. The van der Waals surface area contributed by atoms with Gasteiger partial charge in [-0.3, -0.25) is 4.98 Å². The Balaban J connectivity index is 2.13. The van der Waals surface area contributed by atoms with Crippen LogP contribution in [0.4, 0.5) is 5.13 Å². The zero-order valence-corrected chi connectivity index (χ0v) is 10.2. The minimum Gasteiger partial charge on any atom is -0.375 e. The predicted octanol–water partition coefficient (Wildman–Crippen LogP) is 3.25. The van der Waals surface area contributed by atoms with Crippen LogP contribution in [0.25, 0.3) is 21.5 Å². The molecule has 0 amide bonds. The number of nitrogen functional groups attached to an aromatic ring is 1. The minimum absolute atomic E-state index is 0.606. The summed E-state index contributed by atoms with van der Waals surface area (Å²) in [4.78, 5) is 8.65. The van der Waals surface area contributed by atoms with E-state index < -0.39 is 0 Å². The van der Waals surface area contributed by atoms with Gasteiger partial charge in [0.1, 0.15) is 0 Å². The van der Waals surface area contributed by atoms with E-state index in [-0.39, 0.29) is 0 Å². The maximum atomic E-state index is 5.69. The molecule has 0 aliphatic heterocycles. The zero-order valence-electron chi connectivity index (χ0n) is 9.34. The number of aryl methyl sites for hydroxylation is 1. The van der Waals surface area contributed by atoms with Gasteiger partial charge in [-0.15, -0.1) is 0 Å². The maximum Gasteiger partial charge on any atom is 0.181 e. The number of pyridine rings is 1. The van der Waals surface area contributed by atoms with Gasteiger partial charge in [-0.2, -0.15) is 0 Å². The first-order valence-corrected chi connectivity index (χ1v) is 6.13. The predicted molar refractivity (Wildman–Crippen MR) is 72.0 cm³/mol. The van der Waals surface area contributed by atoms with Crippen LogP contribution in [0, 0.1) is 6.92 Å². The SMILES string of the molecule is Cc1ccc(-c2ccc3nc(N)sc3c2)nc1. The first-order valence-electron chi connectivity index (χ1n) is 5.31. The van der Waals surface area contributed by atoms with Crippen molar-refractivity contribution in [1.82, 2.24) is 9.97 Å². The van der Waals surface area contributed by atoms with E-state index in [0.29, 0.717) is 5.13 Å². The van der Waals surface area contributed by atoms with Crippen LogP contribution in [0.15, 0.2) is 36.5 Å². The Bertz CT molecular complexity index is 671. The first-order chi connectivity index (χ1) is 8.22. The third-order valence-electron chi connectivity index (χ3n) is 2.61. The van der Waals surface area contributed by atoms with Crippen molar-refractivity contribution in [2.24, 2.45) is 0 Å². The van der Waals surface area contributed by atoms with Crippen LogP contribution in [-0.2, 0) is 0 Å². The van der Waals surface area contributed by atoms with Gasteiger partial charge in [-0.05, 0) is 30.7 Å². The summed E-state index contributed by atoms with van der Waals surface area (Å²) in [5.74, 6) is 0. The Labute approximate surface area is 103 Å².